The molecule has 0 aromatic heterocycles. The summed E-state index contributed by atoms with van der Waals surface area (Å²) in [5, 5.41) is 4.26. The normalized spacial score (nSPS) is 10.4. The van der Waals surface area contributed by atoms with E-state index in [2.05, 4.69) is 10.5 Å². The van der Waals surface area contributed by atoms with Crippen LogP contribution < -0.4 is 11.2 Å². The Morgan fingerprint density at radius 3 is 2.93 bits per heavy atom. The minimum atomic E-state index is -0.695. The number of urea groups is 1. The number of amides is 2. The second kappa shape index (κ2) is 4.62. The maximum Gasteiger partial charge on any atom is 0.332 e. The van der Waals surface area contributed by atoms with E-state index in [0.29, 0.717) is 5.02 Å². The number of nitrogens with two attached hydrogens (primary N) is 1. The van der Waals surface area contributed by atoms with Crippen LogP contribution in [0.2, 0.25) is 5.02 Å². The molecule has 2 amide bonds. The average molecular weight is 212 g/mol. The van der Waals surface area contributed by atoms with E-state index in [0.717, 1.165) is 11.1 Å². The number of hydrazone groups is 1. The largest absolute Gasteiger partial charge is 0.350 e. The number of halogens is 1. The molecule has 0 aliphatic carbocycles. The highest BCUT2D eigenvalue weighted by Gasteiger charge is 1.95. The highest BCUT2D eigenvalue weighted by molar-refractivity contribution is 6.31. The van der Waals surface area contributed by atoms with Crippen LogP contribution in [0.1, 0.15) is 11.1 Å². The zero-order valence-electron chi connectivity index (χ0n) is 7.62. The van der Waals surface area contributed by atoms with Crippen molar-refractivity contribution >= 4 is 23.8 Å². The number of benzene rings is 1. The summed E-state index contributed by atoms with van der Waals surface area (Å²) in [5.41, 5.74) is 8.71. The van der Waals surface area contributed by atoms with Gasteiger partial charge in [-0.15, -0.1) is 0 Å². The van der Waals surface area contributed by atoms with Crippen LogP contribution in [0.5, 0.6) is 0 Å². The van der Waals surface area contributed by atoms with Crippen molar-refractivity contribution in [3.63, 3.8) is 0 Å². The number of nitrogens with one attached hydrogen (secondary N) is 1. The van der Waals surface area contributed by atoms with Gasteiger partial charge in [-0.1, -0.05) is 23.7 Å². The van der Waals surface area contributed by atoms with Crippen LogP contribution >= 0.6 is 11.6 Å². The van der Waals surface area contributed by atoms with E-state index in [1.54, 1.807) is 6.07 Å². The smallest absolute Gasteiger partial charge is 0.332 e. The third-order valence-corrected chi connectivity index (χ3v) is 1.99. The number of hydrogen-bond acceptors (Lipinski definition) is 2. The molecule has 0 fully saturated rings. The number of aryl methyl sites for hydroxylation is 1. The van der Waals surface area contributed by atoms with Gasteiger partial charge in [0.2, 0.25) is 0 Å². The Kier molecular flexibility index (Phi) is 3.48. The lowest BCUT2D eigenvalue weighted by Crippen LogP contribution is -2.24. The fourth-order valence-corrected chi connectivity index (χ4v) is 1.05. The summed E-state index contributed by atoms with van der Waals surface area (Å²) in [7, 11) is 0. The van der Waals surface area contributed by atoms with Crippen molar-refractivity contribution in [2.75, 3.05) is 0 Å². The maximum atomic E-state index is 10.3. The Hall–Kier alpha value is -1.55. The summed E-state index contributed by atoms with van der Waals surface area (Å²) in [5.74, 6) is 0. The summed E-state index contributed by atoms with van der Waals surface area (Å²) < 4.78 is 0. The number of carbonyl (C=O) groups excluding carboxylic acids is 1. The lowest BCUT2D eigenvalue weighted by molar-refractivity contribution is 0.249. The predicted molar refractivity (Wildman–Crippen MR) is 56.5 cm³/mol. The van der Waals surface area contributed by atoms with Crippen LogP contribution in [0.4, 0.5) is 4.79 Å². The zero-order valence-corrected chi connectivity index (χ0v) is 8.38. The number of carbonyl (C=O) groups is 1. The van der Waals surface area contributed by atoms with Gasteiger partial charge in [-0.05, 0) is 24.1 Å². The first-order valence-corrected chi connectivity index (χ1v) is 4.32. The van der Waals surface area contributed by atoms with Crippen molar-refractivity contribution in [2.45, 2.75) is 6.92 Å². The lowest BCUT2D eigenvalue weighted by atomic mass is 10.2. The molecule has 1 aromatic carbocycles. The Bertz CT molecular complexity index is 376. The first kappa shape index (κ1) is 10.5. The number of hydrogen-bond donors (Lipinski definition) is 2. The van der Waals surface area contributed by atoms with Crippen LogP contribution in [0, 0.1) is 6.92 Å². The lowest BCUT2D eigenvalue weighted by Gasteiger charge is -1.98. The second-order valence-corrected chi connectivity index (χ2v) is 3.15. The zero-order chi connectivity index (χ0) is 10.6. The summed E-state index contributed by atoms with van der Waals surface area (Å²) in [6.07, 6.45) is 1.47. The monoisotopic (exact) mass is 211 g/mol. The van der Waals surface area contributed by atoms with Gasteiger partial charge >= 0.3 is 6.03 Å². The van der Waals surface area contributed by atoms with Gasteiger partial charge < -0.3 is 5.73 Å². The van der Waals surface area contributed by atoms with Gasteiger partial charge in [0.05, 0.1) is 6.21 Å². The average Bonchev–Trinajstić information content (AvgIpc) is 2.10. The summed E-state index contributed by atoms with van der Waals surface area (Å²) >= 11 is 5.88. The van der Waals surface area contributed by atoms with Crippen molar-refractivity contribution in [2.24, 2.45) is 10.8 Å². The van der Waals surface area contributed by atoms with Crippen LogP contribution in [-0.4, -0.2) is 12.2 Å². The van der Waals surface area contributed by atoms with E-state index in [9.17, 15) is 4.79 Å². The molecule has 0 unspecified atom stereocenters. The molecule has 74 valence electrons. The van der Waals surface area contributed by atoms with Crippen molar-refractivity contribution in [3.05, 3.63) is 34.3 Å². The van der Waals surface area contributed by atoms with Crippen LogP contribution in [-0.2, 0) is 0 Å². The summed E-state index contributed by atoms with van der Waals surface area (Å²) in [4.78, 5) is 10.3. The third kappa shape index (κ3) is 3.06. The van der Waals surface area contributed by atoms with Gasteiger partial charge in [-0.2, -0.15) is 5.10 Å². The molecule has 0 bridgehead atoms. The molecule has 1 rings (SSSR count). The highest BCUT2D eigenvalue weighted by Crippen LogP contribution is 2.15. The highest BCUT2D eigenvalue weighted by atomic mass is 35.5. The van der Waals surface area contributed by atoms with E-state index < -0.39 is 6.03 Å². The molecule has 14 heavy (non-hydrogen) atoms. The Morgan fingerprint density at radius 1 is 1.64 bits per heavy atom. The topological polar surface area (TPSA) is 67.5 Å². The Labute approximate surface area is 86.7 Å². The first-order valence-electron chi connectivity index (χ1n) is 3.94. The first-order chi connectivity index (χ1) is 6.59. The number of primary amides is 1. The summed E-state index contributed by atoms with van der Waals surface area (Å²) in [6, 6.07) is 4.77. The van der Waals surface area contributed by atoms with Crippen LogP contribution in [0.3, 0.4) is 0 Å². The minimum absolute atomic E-state index is 0.660. The molecule has 0 saturated carbocycles. The quantitative estimate of drug-likeness (QED) is 0.567. The summed E-state index contributed by atoms with van der Waals surface area (Å²) in [6.45, 7) is 1.91. The van der Waals surface area contributed by atoms with E-state index in [1.165, 1.54) is 6.21 Å². The SMILES string of the molecule is Cc1ccc(C=NNC(N)=O)cc1Cl. The van der Waals surface area contributed by atoms with Gasteiger partial charge in [0.25, 0.3) is 0 Å². The Morgan fingerprint density at radius 2 is 2.36 bits per heavy atom. The molecular formula is C9H10ClN3O. The Balaban J connectivity index is 2.73. The fraction of sp³-hybridized carbons (Fsp3) is 0.111. The number of nitrogens with zero attached hydrogens (tertiary/aromatic N) is 1. The molecule has 3 N–H and O–H groups in total. The van der Waals surface area contributed by atoms with E-state index >= 15 is 0 Å². The van der Waals surface area contributed by atoms with Crippen LogP contribution in [0.15, 0.2) is 23.3 Å². The number of rotatable bonds is 2. The van der Waals surface area contributed by atoms with Gasteiger partial charge in [-0.25, -0.2) is 10.2 Å². The van der Waals surface area contributed by atoms with Crippen molar-refractivity contribution < 1.29 is 4.79 Å². The minimum Gasteiger partial charge on any atom is -0.350 e. The second-order valence-electron chi connectivity index (χ2n) is 2.74. The van der Waals surface area contributed by atoms with Gasteiger partial charge in [-0.3, -0.25) is 0 Å². The van der Waals surface area contributed by atoms with E-state index in [4.69, 9.17) is 17.3 Å². The van der Waals surface area contributed by atoms with Crippen LogP contribution in [0.25, 0.3) is 0 Å². The van der Waals surface area contributed by atoms with Gasteiger partial charge in [0.1, 0.15) is 0 Å². The fourth-order valence-electron chi connectivity index (χ4n) is 0.860. The van der Waals surface area contributed by atoms with Crippen molar-refractivity contribution in [1.82, 2.24) is 5.43 Å². The molecule has 0 atom stereocenters. The van der Waals surface area contributed by atoms with Gasteiger partial charge in [0.15, 0.2) is 0 Å². The van der Waals surface area contributed by atoms with E-state index in [-0.39, 0.29) is 0 Å². The molecule has 0 radical (unpaired) electrons. The molecular weight excluding hydrogens is 202 g/mol. The van der Waals surface area contributed by atoms with E-state index in [1.807, 2.05) is 19.1 Å². The third-order valence-electron chi connectivity index (χ3n) is 1.58. The standard InChI is InChI=1S/C9H10ClN3O/c1-6-2-3-7(4-8(6)10)5-12-13-9(11)14/h2-5H,1H3,(H3,11,13,14). The predicted octanol–water partition coefficient (Wildman–Crippen LogP) is 1.65. The maximum absolute atomic E-state index is 10.3. The molecule has 0 aliphatic heterocycles. The molecule has 0 saturated heterocycles. The molecule has 4 nitrogen and oxygen atoms in total. The molecule has 1 aromatic rings. The molecule has 5 heteroatoms. The van der Waals surface area contributed by atoms with Crippen molar-refractivity contribution in [1.29, 1.82) is 0 Å². The molecule has 0 spiro atoms. The molecule has 0 heterocycles. The van der Waals surface area contributed by atoms with Gasteiger partial charge in [0, 0.05) is 5.02 Å². The van der Waals surface area contributed by atoms with Crippen molar-refractivity contribution in [3.8, 4) is 0 Å². The molecule has 0 aliphatic rings.